The van der Waals surface area contributed by atoms with E-state index in [-0.39, 0.29) is 5.78 Å². The molecule has 0 unspecified atom stereocenters. The first kappa shape index (κ1) is 12.5. The first-order valence-corrected chi connectivity index (χ1v) is 5.21. The highest BCUT2D eigenvalue weighted by molar-refractivity contribution is 5.98. The second-order valence-corrected chi connectivity index (χ2v) is 3.25. The van der Waals surface area contributed by atoms with E-state index in [2.05, 4.69) is 5.32 Å². The lowest BCUT2D eigenvalue weighted by molar-refractivity contribution is 0.0993. The number of hydrogen-bond acceptors (Lipinski definition) is 4. The summed E-state index contributed by atoms with van der Waals surface area (Å²) in [7, 11) is 3.32. The Morgan fingerprint density at radius 3 is 2.69 bits per heavy atom. The lowest BCUT2D eigenvalue weighted by Crippen LogP contribution is -2.18. The number of carbonyl (C=O) groups excluding carboxylic acids is 1. The predicted molar refractivity (Wildman–Crippen MR) is 62.4 cm³/mol. The summed E-state index contributed by atoms with van der Waals surface area (Å²) in [6, 6.07) is 5.19. The summed E-state index contributed by atoms with van der Waals surface area (Å²) in [4.78, 5) is 11.6. The molecule has 16 heavy (non-hydrogen) atoms. The van der Waals surface area contributed by atoms with E-state index in [0.29, 0.717) is 30.2 Å². The quantitative estimate of drug-likeness (QED) is 0.742. The number of ether oxygens (including phenoxy) is 2. The maximum absolute atomic E-state index is 11.6. The van der Waals surface area contributed by atoms with Crippen LogP contribution in [-0.4, -0.2) is 33.1 Å². The highest BCUT2D eigenvalue weighted by atomic mass is 16.5. The monoisotopic (exact) mass is 223 g/mol. The Morgan fingerprint density at radius 1 is 1.38 bits per heavy atom. The van der Waals surface area contributed by atoms with E-state index in [1.54, 1.807) is 32.4 Å². The molecule has 0 fully saturated rings. The van der Waals surface area contributed by atoms with E-state index in [4.69, 9.17) is 9.47 Å². The van der Waals surface area contributed by atoms with Crippen LogP contribution in [0.5, 0.6) is 11.5 Å². The van der Waals surface area contributed by atoms with Gasteiger partial charge in [-0.15, -0.1) is 0 Å². The smallest absolute Gasteiger partial charge is 0.176 e. The van der Waals surface area contributed by atoms with Crippen LogP contribution in [0.25, 0.3) is 0 Å². The number of likely N-dealkylation sites (N-methyl/N-ethyl adjacent to an activating group) is 1. The Hall–Kier alpha value is -1.55. The van der Waals surface area contributed by atoms with Gasteiger partial charge in [-0.2, -0.15) is 0 Å². The number of Topliss-reactive ketones (excluding diaryl/α,β-unsaturated/α-hetero) is 1. The number of nitrogens with one attached hydrogen (secondary N) is 1. The Morgan fingerprint density at radius 2 is 2.12 bits per heavy atom. The molecule has 0 aromatic heterocycles. The van der Waals surface area contributed by atoms with Crippen molar-refractivity contribution >= 4 is 5.78 Å². The molecule has 0 atom stereocenters. The van der Waals surface area contributed by atoms with Crippen LogP contribution in [0.15, 0.2) is 18.2 Å². The zero-order chi connectivity index (χ0) is 12.0. The summed E-state index contributed by atoms with van der Waals surface area (Å²) < 4.78 is 10.5. The molecule has 1 rings (SSSR count). The summed E-state index contributed by atoms with van der Waals surface area (Å²) >= 11 is 0. The highest BCUT2D eigenvalue weighted by Gasteiger charge is 2.10. The molecule has 1 aromatic rings. The second kappa shape index (κ2) is 6.12. The number of ketones is 1. The summed E-state index contributed by atoms with van der Waals surface area (Å²) in [6.07, 6.45) is 0. The third-order valence-corrected chi connectivity index (χ3v) is 2.12. The number of rotatable bonds is 6. The molecule has 1 aromatic carbocycles. The molecule has 4 nitrogen and oxygen atoms in total. The van der Waals surface area contributed by atoms with Crippen LogP contribution in [0.4, 0.5) is 0 Å². The molecular weight excluding hydrogens is 206 g/mol. The second-order valence-electron chi connectivity index (χ2n) is 3.25. The van der Waals surface area contributed by atoms with Crippen LogP contribution in [-0.2, 0) is 0 Å². The van der Waals surface area contributed by atoms with Crippen LogP contribution in [0.3, 0.4) is 0 Å². The van der Waals surface area contributed by atoms with Gasteiger partial charge in [-0.25, -0.2) is 0 Å². The van der Waals surface area contributed by atoms with Crippen molar-refractivity contribution in [2.45, 2.75) is 6.92 Å². The first-order chi connectivity index (χ1) is 7.72. The fourth-order valence-corrected chi connectivity index (χ4v) is 1.38. The highest BCUT2D eigenvalue weighted by Crippen LogP contribution is 2.28. The van der Waals surface area contributed by atoms with Gasteiger partial charge in [0, 0.05) is 5.56 Å². The molecule has 0 aliphatic heterocycles. The molecular formula is C12H17NO3. The fourth-order valence-electron chi connectivity index (χ4n) is 1.38. The molecule has 0 saturated carbocycles. The van der Waals surface area contributed by atoms with Crippen molar-refractivity contribution in [3.63, 3.8) is 0 Å². The van der Waals surface area contributed by atoms with E-state index >= 15 is 0 Å². The maximum Gasteiger partial charge on any atom is 0.176 e. The molecule has 0 amide bonds. The van der Waals surface area contributed by atoms with E-state index < -0.39 is 0 Å². The van der Waals surface area contributed by atoms with E-state index in [1.165, 1.54) is 0 Å². The SMILES string of the molecule is CCOc1cc(C(=O)CNC)ccc1OC. The van der Waals surface area contributed by atoms with E-state index in [0.717, 1.165) is 0 Å². The van der Waals surface area contributed by atoms with Crippen molar-refractivity contribution in [3.8, 4) is 11.5 Å². The molecule has 0 heterocycles. The van der Waals surface area contributed by atoms with Gasteiger partial charge in [0.25, 0.3) is 0 Å². The van der Waals surface area contributed by atoms with Gasteiger partial charge in [-0.1, -0.05) is 0 Å². The third-order valence-electron chi connectivity index (χ3n) is 2.12. The van der Waals surface area contributed by atoms with Crippen LogP contribution in [0.2, 0.25) is 0 Å². The lowest BCUT2D eigenvalue weighted by Gasteiger charge is -2.10. The van der Waals surface area contributed by atoms with Gasteiger partial charge in [0.05, 0.1) is 20.3 Å². The largest absolute Gasteiger partial charge is 0.493 e. The van der Waals surface area contributed by atoms with Gasteiger partial charge in [0.15, 0.2) is 17.3 Å². The zero-order valence-corrected chi connectivity index (χ0v) is 9.87. The average Bonchev–Trinajstić information content (AvgIpc) is 2.29. The first-order valence-electron chi connectivity index (χ1n) is 5.21. The minimum absolute atomic E-state index is 0.0334. The van der Waals surface area contributed by atoms with Crippen LogP contribution in [0.1, 0.15) is 17.3 Å². The van der Waals surface area contributed by atoms with Crippen molar-refractivity contribution < 1.29 is 14.3 Å². The normalized spacial score (nSPS) is 9.94. The Bertz CT molecular complexity index is 363. The van der Waals surface area contributed by atoms with Crippen molar-refractivity contribution in [2.75, 3.05) is 27.3 Å². The van der Waals surface area contributed by atoms with Gasteiger partial charge in [-0.3, -0.25) is 4.79 Å². The predicted octanol–water partition coefficient (Wildman–Crippen LogP) is 1.50. The topological polar surface area (TPSA) is 47.6 Å². The summed E-state index contributed by atoms with van der Waals surface area (Å²) in [5.74, 6) is 1.28. The molecule has 0 aliphatic rings. The summed E-state index contributed by atoms with van der Waals surface area (Å²) in [5.41, 5.74) is 0.624. The molecule has 4 heteroatoms. The Labute approximate surface area is 95.6 Å². The van der Waals surface area contributed by atoms with Gasteiger partial charge < -0.3 is 14.8 Å². The van der Waals surface area contributed by atoms with Crippen LogP contribution in [0, 0.1) is 0 Å². The molecule has 0 saturated heterocycles. The summed E-state index contributed by atoms with van der Waals surface area (Å²) in [5, 5.41) is 2.82. The van der Waals surface area contributed by atoms with Crippen molar-refractivity contribution in [1.29, 1.82) is 0 Å². The van der Waals surface area contributed by atoms with E-state index in [9.17, 15) is 4.79 Å². The Balaban J connectivity index is 2.96. The molecule has 0 aliphatic carbocycles. The van der Waals surface area contributed by atoms with Crippen molar-refractivity contribution in [1.82, 2.24) is 5.32 Å². The van der Waals surface area contributed by atoms with Crippen LogP contribution < -0.4 is 14.8 Å². The molecule has 0 spiro atoms. The van der Waals surface area contributed by atoms with Crippen molar-refractivity contribution in [2.24, 2.45) is 0 Å². The maximum atomic E-state index is 11.6. The van der Waals surface area contributed by atoms with Gasteiger partial charge in [-0.05, 0) is 32.2 Å². The van der Waals surface area contributed by atoms with Gasteiger partial charge in [0.2, 0.25) is 0 Å². The Kier molecular flexibility index (Phi) is 4.79. The third kappa shape index (κ3) is 2.97. The van der Waals surface area contributed by atoms with Gasteiger partial charge >= 0.3 is 0 Å². The minimum Gasteiger partial charge on any atom is -0.493 e. The molecule has 88 valence electrons. The fraction of sp³-hybridized carbons (Fsp3) is 0.417. The summed E-state index contributed by atoms with van der Waals surface area (Å²) in [6.45, 7) is 2.75. The zero-order valence-electron chi connectivity index (χ0n) is 9.87. The van der Waals surface area contributed by atoms with E-state index in [1.807, 2.05) is 6.92 Å². The lowest BCUT2D eigenvalue weighted by atomic mass is 10.1. The van der Waals surface area contributed by atoms with Crippen LogP contribution >= 0.6 is 0 Å². The van der Waals surface area contributed by atoms with Crippen molar-refractivity contribution in [3.05, 3.63) is 23.8 Å². The number of hydrogen-bond donors (Lipinski definition) is 1. The average molecular weight is 223 g/mol. The minimum atomic E-state index is 0.0334. The van der Waals surface area contributed by atoms with Gasteiger partial charge in [0.1, 0.15) is 0 Å². The molecule has 1 N–H and O–H groups in total. The standard InChI is InChI=1S/C12H17NO3/c1-4-16-12-7-9(10(14)8-13-2)5-6-11(12)15-3/h5-7,13H,4,8H2,1-3H3. The molecule has 0 bridgehead atoms. The number of carbonyl (C=O) groups is 1. The number of methoxy groups -OCH3 is 1. The number of benzene rings is 1. The molecule has 0 radical (unpaired) electrons.